The fourth-order valence-corrected chi connectivity index (χ4v) is 15.2. The molecule has 0 aromatic carbocycles. The number of esters is 4. The van der Waals surface area contributed by atoms with Crippen LogP contribution in [0.3, 0.4) is 0 Å². The fraction of sp³-hybridized carbons (Fsp3) is 0.955. The number of phosphoric ester groups is 2. The van der Waals surface area contributed by atoms with E-state index in [1.54, 1.807) is 0 Å². The highest BCUT2D eigenvalue weighted by Gasteiger charge is 2.31. The molecule has 4 unspecified atom stereocenters. The Hall–Kier alpha value is -1.94. The minimum atomic E-state index is -4.97. The molecule has 19 heteroatoms. The standard InChI is InChI=1S/C88H172O17P2/c1-9-80(7)66-58-50-42-36-30-24-20-21-27-33-39-45-55-63-71-88(93)105-84(75-99-86(91)69-61-53-47-46-51-59-67-81(8)10-2)77-103-107(96,97)101-73-82(89)72-100-106(94,95)102-76-83(104-87(92)70-62-54-44-38-32-26-19-15-17-23-29-35-41-49-57-65-79(5)6)74-98-85(90)68-60-52-43-37-31-25-18-14-12-11-13-16-22-28-34-40-48-56-64-78(3)4/h78-84,89H,9-77H2,1-8H3,(H,94,95)(H,96,97)/t80?,81?,82-,83-,84-/m1/s1. The van der Waals surface area contributed by atoms with Gasteiger partial charge in [0.1, 0.15) is 19.3 Å². The maximum absolute atomic E-state index is 13.2. The van der Waals surface area contributed by atoms with Gasteiger partial charge in [-0.3, -0.25) is 37.3 Å². The summed E-state index contributed by atoms with van der Waals surface area (Å²) >= 11 is 0. The first kappa shape index (κ1) is 105. The van der Waals surface area contributed by atoms with Crippen LogP contribution in [0.1, 0.15) is 460 Å². The summed E-state index contributed by atoms with van der Waals surface area (Å²) in [5.41, 5.74) is 0. The maximum atomic E-state index is 13.2. The van der Waals surface area contributed by atoms with Crippen LogP contribution >= 0.6 is 15.6 Å². The lowest BCUT2D eigenvalue weighted by Crippen LogP contribution is -2.30. The molecule has 0 aromatic heterocycles. The van der Waals surface area contributed by atoms with E-state index in [0.717, 1.165) is 120 Å². The van der Waals surface area contributed by atoms with Crippen molar-refractivity contribution in [2.45, 2.75) is 478 Å². The Kier molecular flexibility index (Phi) is 75.3. The summed E-state index contributed by atoms with van der Waals surface area (Å²) in [6.07, 6.45) is 66.7. The number of unbranched alkanes of at least 4 members (excludes halogenated alkanes) is 49. The van der Waals surface area contributed by atoms with Gasteiger partial charge in [-0.25, -0.2) is 9.13 Å². The van der Waals surface area contributed by atoms with Crippen molar-refractivity contribution in [3.05, 3.63) is 0 Å². The predicted octanol–water partition coefficient (Wildman–Crippen LogP) is 26.7. The molecule has 7 atom stereocenters. The van der Waals surface area contributed by atoms with Gasteiger partial charge in [-0.15, -0.1) is 0 Å². The van der Waals surface area contributed by atoms with Gasteiger partial charge in [-0.05, 0) is 49.4 Å². The molecular weight excluding hydrogens is 1390 g/mol. The Labute approximate surface area is 658 Å². The lowest BCUT2D eigenvalue weighted by molar-refractivity contribution is -0.161. The molecule has 0 fully saturated rings. The molecule has 0 aromatic rings. The highest BCUT2D eigenvalue weighted by molar-refractivity contribution is 7.47. The van der Waals surface area contributed by atoms with Gasteiger partial charge in [0.05, 0.1) is 26.4 Å². The molecule has 0 spiro atoms. The van der Waals surface area contributed by atoms with Gasteiger partial charge in [0, 0.05) is 25.7 Å². The van der Waals surface area contributed by atoms with Gasteiger partial charge in [0.2, 0.25) is 0 Å². The largest absolute Gasteiger partial charge is 0.472 e. The summed E-state index contributed by atoms with van der Waals surface area (Å²) < 4.78 is 69.0. The normalized spacial score (nSPS) is 14.4. The van der Waals surface area contributed by atoms with Crippen LogP contribution in [0.5, 0.6) is 0 Å². The van der Waals surface area contributed by atoms with Gasteiger partial charge >= 0.3 is 39.5 Å². The smallest absolute Gasteiger partial charge is 0.462 e. The van der Waals surface area contributed by atoms with Gasteiger partial charge in [-0.1, -0.05) is 409 Å². The number of carbonyl (C=O) groups excluding carboxylic acids is 4. The van der Waals surface area contributed by atoms with Crippen molar-refractivity contribution in [3.63, 3.8) is 0 Å². The monoisotopic (exact) mass is 1560 g/mol. The third-order valence-electron chi connectivity index (χ3n) is 21.3. The molecule has 0 aliphatic rings. The van der Waals surface area contributed by atoms with Crippen molar-refractivity contribution in [2.75, 3.05) is 39.6 Å². The van der Waals surface area contributed by atoms with E-state index in [1.807, 2.05) is 0 Å². The number of hydrogen-bond acceptors (Lipinski definition) is 15. The molecule has 0 aliphatic carbocycles. The third-order valence-corrected chi connectivity index (χ3v) is 23.2. The first-order valence-electron chi connectivity index (χ1n) is 45.3. The molecule has 0 rings (SSSR count). The second-order valence-corrected chi connectivity index (χ2v) is 36.0. The van der Waals surface area contributed by atoms with E-state index in [2.05, 4.69) is 55.4 Å². The summed E-state index contributed by atoms with van der Waals surface area (Å²) in [6.45, 7) is 14.4. The van der Waals surface area contributed by atoms with Crippen molar-refractivity contribution in [1.82, 2.24) is 0 Å². The van der Waals surface area contributed by atoms with E-state index < -0.39 is 97.5 Å². The first-order valence-corrected chi connectivity index (χ1v) is 48.3. The Morgan fingerprint density at radius 1 is 0.262 bits per heavy atom. The Morgan fingerprint density at radius 2 is 0.449 bits per heavy atom. The zero-order valence-corrected chi connectivity index (χ0v) is 72.6. The van der Waals surface area contributed by atoms with Crippen LogP contribution in [0.25, 0.3) is 0 Å². The lowest BCUT2D eigenvalue weighted by atomic mass is 9.99. The van der Waals surface area contributed by atoms with Gasteiger partial charge in [0.15, 0.2) is 12.2 Å². The van der Waals surface area contributed by atoms with Crippen LogP contribution in [0.15, 0.2) is 0 Å². The van der Waals surface area contributed by atoms with Crippen LogP contribution in [0.2, 0.25) is 0 Å². The molecule has 3 N–H and O–H groups in total. The molecule has 0 bridgehead atoms. The quantitative estimate of drug-likeness (QED) is 0.0222. The number of aliphatic hydroxyl groups excluding tert-OH is 1. The molecule has 0 saturated heterocycles. The third kappa shape index (κ3) is 79.1. The molecular formula is C88H172O17P2. The summed E-state index contributed by atoms with van der Waals surface area (Å²) in [4.78, 5) is 73.3. The zero-order chi connectivity index (χ0) is 78.8. The SMILES string of the molecule is CCC(C)CCCCCCCCCCCCCCCCC(=O)O[C@H](COC(=O)CCCCCCCCC(C)CC)COP(=O)(O)OC[C@H](O)COP(=O)(O)OC[C@@H](COC(=O)CCCCCCCCCCCCCCCCCCCCC(C)C)OC(=O)CCCCCCCCCCCCCCCCCC(C)C. The Balaban J connectivity index is 5.23. The summed E-state index contributed by atoms with van der Waals surface area (Å²) in [5.74, 6) is 1.10. The van der Waals surface area contributed by atoms with Crippen molar-refractivity contribution >= 4 is 39.5 Å². The number of carbonyl (C=O) groups is 4. The number of phosphoric acid groups is 2. The fourth-order valence-electron chi connectivity index (χ4n) is 13.6. The second kappa shape index (κ2) is 76.7. The highest BCUT2D eigenvalue weighted by atomic mass is 31.2. The summed E-state index contributed by atoms with van der Waals surface area (Å²) in [5, 5.41) is 10.7. The molecule has 17 nitrogen and oxygen atoms in total. The highest BCUT2D eigenvalue weighted by Crippen LogP contribution is 2.45. The first-order chi connectivity index (χ1) is 51.7. The minimum Gasteiger partial charge on any atom is -0.462 e. The van der Waals surface area contributed by atoms with E-state index in [9.17, 15) is 43.2 Å². The molecule has 0 saturated carbocycles. The lowest BCUT2D eigenvalue weighted by Gasteiger charge is -2.21. The van der Waals surface area contributed by atoms with Crippen LogP contribution < -0.4 is 0 Å². The number of aliphatic hydroxyl groups is 1. The van der Waals surface area contributed by atoms with Crippen LogP contribution in [-0.2, 0) is 65.4 Å². The summed E-state index contributed by atoms with van der Waals surface area (Å²) in [7, 11) is -9.93. The van der Waals surface area contributed by atoms with Crippen molar-refractivity contribution < 1.29 is 80.2 Å². The van der Waals surface area contributed by atoms with Gasteiger partial charge in [0.25, 0.3) is 0 Å². The molecule has 0 amide bonds. The molecule has 0 aliphatic heterocycles. The van der Waals surface area contributed by atoms with E-state index in [-0.39, 0.29) is 25.7 Å². The molecule has 636 valence electrons. The van der Waals surface area contributed by atoms with Gasteiger partial charge < -0.3 is 33.8 Å². The number of rotatable bonds is 85. The van der Waals surface area contributed by atoms with Crippen molar-refractivity contribution in [2.24, 2.45) is 23.7 Å². The van der Waals surface area contributed by atoms with Crippen molar-refractivity contribution in [1.29, 1.82) is 0 Å². The maximum Gasteiger partial charge on any atom is 0.472 e. The Morgan fingerprint density at radius 3 is 0.664 bits per heavy atom. The second-order valence-electron chi connectivity index (χ2n) is 33.1. The van der Waals surface area contributed by atoms with E-state index >= 15 is 0 Å². The molecule has 107 heavy (non-hydrogen) atoms. The zero-order valence-electron chi connectivity index (χ0n) is 70.8. The Bertz CT molecular complexity index is 2080. The predicted molar refractivity (Wildman–Crippen MR) is 441 cm³/mol. The van der Waals surface area contributed by atoms with Gasteiger partial charge in [-0.2, -0.15) is 0 Å². The van der Waals surface area contributed by atoms with E-state index in [0.29, 0.717) is 25.7 Å². The van der Waals surface area contributed by atoms with E-state index in [4.69, 9.17) is 37.0 Å². The molecule has 0 radical (unpaired) electrons. The average Bonchev–Trinajstić information content (AvgIpc) is 0.901. The number of ether oxygens (including phenoxy) is 4. The van der Waals surface area contributed by atoms with Crippen molar-refractivity contribution in [3.8, 4) is 0 Å². The topological polar surface area (TPSA) is 237 Å². The molecule has 0 heterocycles. The van der Waals surface area contributed by atoms with Crippen LogP contribution in [0.4, 0.5) is 0 Å². The van der Waals surface area contributed by atoms with Crippen LogP contribution in [-0.4, -0.2) is 96.7 Å². The number of hydrogen-bond donors (Lipinski definition) is 3. The minimum absolute atomic E-state index is 0.107. The van der Waals surface area contributed by atoms with Crippen LogP contribution in [0, 0.1) is 23.7 Å². The summed E-state index contributed by atoms with van der Waals surface area (Å²) in [6, 6.07) is 0. The van der Waals surface area contributed by atoms with E-state index in [1.165, 1.54) is 257 Å². The average molecular weight is 1560 g/mol.